The Balaban J connectivity index is 2.56. The van der Waals surface area contributed by atoms with Gasteiger partial charge in [0, 0.05) is 17.8 Å². The van der Waals surface area contributed by atoms with Gasteiger partial charge in [-0.1, -0.05) is 0 Å². The minimum Gasteiger partial charge on any atom is -0.508 e. The van der Waals surface area contributed by atoms with Crippen LogP contribution in [0.1, 0.15) is 30.0 Å². The largest absolute Gasteiger partial charge is 0.508 e. The van der Waals surface area contributed by atoms with Crippen molar-refractivity contribution in [2.75, 3.05) is 5.73 Å². The van der Waals surface area contributed by atoms with E-state index < -0.39 is 0 Å². The van der Waals surface area contributed by atoms with Crippen LogP contribution >= 0.6 is 0 Å². The molecule has 0 aromatic heterocycles. The molecule has 5 N–H and O–H groups in total. The van der Waals surface area contributed by atoms with Crippen LogP contribution in [0.2, 0.25) is 0 Å². The van der Waals surface area contributed by atoms with E-state index in [0.29, 0.717) is 5.69 Å². The molecule has 1 unspecified atom stereocenters. The number of fused-ring (bicyclic) bond motifs is 1. The zero-order valence-corrected chi connectivity index (χ0v) is 7.46. The van der Waals surface area contributed by atoms with Crippen molar-refractivity contribution in [1.82, 2.24) is 0 Å². The third-order valence-corrected chi connectivity index (χ3v) is 2.61. The Morgan fingerprint density at radius 1 is 1.38 bits per heavy atom. The highest BCUT2D eigenvalue weighted by Gasteiger charge is 2.19. The second-order valence-electron chi connectivity index (χ2n) is 3.61. The third-order valence-electron chi connectivity index (χ3n) is 2.61. The molecular weight excluding hydrogens is 164 g/mol. The van der Waals surface area contributed by atoms with Crippen LogP contribution in [-0.4, -0.2) is 5.11 Å². The first-order chi connectivity index (χ1) is 6.18. The Morgan fingerprint density at radius 3 is 2.92 bits per heavy atom. The predicted octanol–water partition coefficient (Wildman–Crippen LogP) is 1.31. The summed E-state index contributed by atoms with van der Waals surface area (Å²) in [4.78, 5) is 0. The number of nitrogens with two attached hydrogens (primary N) is 2. The van der Waals surface area contributed by atoms with E-state index in [2.05, 4.69) is 0 Å². The molecule has 1 atom stereocenters. The summed E-state index contributed by atoms with van der Waals surface area (Å²) in [7, 11) is 0. The second kappa shape index (κ2) is 2.92. The van der Waals surface area contributed by atoms with Gasteiger partial charge in [0.25, 0.3) is 0 Å². The van der Waals surface area contributed by atoms with E-state index in [1.54, 1.807) is 12.1 Å². The molecule has 1 aliphatic carbocycles. The normalized spacial score (nSPS) is 21.2. The number of hydrogen-bond acceptors (Lipinski definition) is 3. The average Bonchev–Trinajstić information content (AvgIpc) is 2.02. The van der Waals surface area contributed by atoms with Crippen molar-refractivity contribution in [3.63, 3.8) is 0 Å². The Morgan fingerprint density at radius 2 is 2.15 bits per heavy atom. The van der Waals surface area contributed by atoms with Crippen LogP contribution in [0.25, 0.3) is 0 Å². The third kappa shape index (κ3) is 1.35. The van der Waals surface area contributed by atoms with Gasteiger partial charge in [0.2, 0.25) is 0 Å². The van der Waals surface area contributed by atoms with E-state index in [-0.39, 0.29) is 11.8 Å². The summed E-state index contributed by atoms with van der Waals surface area (Å²) >= 11 is 0. The number of benzene rings is 1. The number of phenolic OH excluding ortho intramolecular Hbond substituents is 1. The Hall–Kier alpha value is -1.22. The number of aromatic hydroxyl groups is 1. The molecule has 2 rings (SSSR count). The first kappa shape index (κ1) is 8.38. The summed E-state index contributed by atoms with van der Waals surface area (Å²) < 4.78 is 0. The number of hydrogen-bond donors (Lipinski definition) is 3. The first-order valence-electron chi connectivity index (χ1n) is 4.55. The molecule has 3 nitrogen and oxygen atoms in total. The van der Waals surface area contributed by atoms with Crippen LogP contribution in [0.15, 0.2) is 12.1 Å². The van der Waals surface area contributed by atoms with Crippen molar-refractivity contribution in [2.24, 2.45) is 5.73 Å². The standard InChI is InChI=1S/C10H14N2O/c11-8-3-1-2-6-4-7(13)5-9(12)10(6)8/h4-5,8,13H,1-3,11-12H2. The van der Waals surface area contributed by atoms with Crippen molar-refractivity contribution in [2.45, 2.75) is 25.3 Å². The van der Waals surface area contributed by atoms with Crippen molar-refractivity contribution in [1.29, 1.82) is 0 Å². The lowest BCUT2D eigenvalue weighted by molar-refractivity contribution is 0.472. The highest BCUT2D eigenvalue weighted by molar-refractivity contribution is 5.57. The van der Waals surface area contributed by atoms with Gasteiger partial charge in [-0.25, -0.2) is 0 Å². The minimum atomic E-state index is 0.0457. The van der Waals surface area contributed by atoms with E-state index in [9.17, 15) is 5.11 Å². The molecular formula is C10H14N2O. The molecule has 3 heteroatoms. The van der Waals surface area contributed by atoms with Crippen LogP contribution in [0.4, 0.5) is 5.69 Å². The molecule has 0 bridgehead atoms. The highest BCUT2D eigenvalue weighted by atomic mass is 16.3. The fourth-order valence-corrected chi connectivity index (χ4v) is 2.04. The van der Waals surface area contributed by atoms with Gasteiger partial charge in [-0.2, -0.15) is 0 Å². The molecule has 70 valence electrons. The van der Waals surface area contributed by atoms with Gasteiger partial charge in [-0.3, -0.25) is 0 Å². The SMILES string of the molecule is Nc1cc(O)cc2c1C(N)CCC2. The monoisotopic (exact) mass is 178 g/mol. The van der Waals surface area contributed by atoms with Crippen molar-refractivity contribution < 1.29 is 5.11 Å². The second-order valence-corrected chi connectivity index (χ2v) is 3.61. The lowest BCUT2D eigenvalue weighted by atomic mass is 9.87. The average molecular weight is 178 g/mol. The van der Waals surface area contributed by atoms with E-state index in [1.807, 2.05) is 0 Å². The first-order valence-corrected chi connectivity index (χ1v) is 4.55. The molecule has 1 aromatic rings. The Labute approximate surface area is 77.4 Å². The zero-order valence-electron chi connectivity index (χ0n) is 7.46. The van der Waals surface area contributed by atoms with Crippen LogP contribution in [-0.2, 0) is 6.42 Å². The Bertz CT molecular complexity index is 336. The molecule has 0 fully saturated rings. The van der Waals surface area contributed by atoms with Crippen LogP contribution < -0.4 is 11.5 Å². The van der Waals surface area contributed by atoms with Crippen LogP contribution in [0.5, 0.6) is 5.75 Å². The van der Waals surface area contributed by atoms with E-state index in [4.69, 9.17) is 11.5 Å². The Kier molecular flexibility index (Phi) is 1.88. The summed E-state index contributed by atoms with van der Waals surface area (Å²) in [5.41, 5.74) is 14.5. The molecule has 0 spiro atoms. The maximum atomic E-state index is 9.33. The van der Waals surface area contributed by atoms with Crippen molar-refractivity contribution in [3.05, 3.63) is 23.3 Å². The lowest BCUT2D eigenvalue weighted by Crippen LogP contribution is -2.19. The van der Waals surface area contributed by atoms with Gasteiger partial charge in [-0.15, -0.1) is 0 Å². The molecule has 0 aliphatic heterocycles. The predicted molar refractivity (Wildman–Crippen MR) is 52.4 cm³/mol. The van der Waals surface area contributed by atoms with E-state index >= 15 is 0 Å². The molecule has 0 amide bonds. The van der Waals surface area contributed by atoms with E-state index in [0.717, 1.165) is 30.4 Å². The topological polar surface area (TPSA) is 72.3 Å². The molecule has 0 saturated heterocycles. The molecule has 1 aromatic carbocycles. The van der Waals surface area contributed by atoms with Crippen LogP contribution in [0.3, 0.4) is 0 Å². The number of phenols is 1. The quantitative estimate of drug-likeness (QED) is 0.524. The van der Waals surface area contributed by atoms with Crippen LogP contribution in [0, 0.1) is 0 Å². The maximum absolute atomic E-state index is 9.33. The highest BCUT2D eigenvalue weighted by Crippen LogP contribution is 2.34. The van der Waals surface area contributed by atoms with Crippen molar-refractivity contribution >= 4 is 5.69 Å². The molecule has 1 aliphatic rings. The number of rotatable bonds is 0. The van der Waals surface area contributed by atoms with Gasteiger partial charge in [0.05, 0.1) is 0 Å². The van der Waals surface area contributed by atoms with Gasteiger partial charge < -0.3 is 16.6 Å². The zero-order chi connectivity index (χ0) is 9.42. The summed E-state index contributed by atoms with van der Waals surface area (Å²) in [6.45, 7) is 0. The van der Waals surface area contributed by atoms with Gasteiger partial charge >= 0.3 is 0 Å². The summed E-state index contributed by atoms with van der Waals surface area (Å²) in [5.74, 6) is 0.241. The number of anilines is 1. The maximum Gasteiger partial charge on any atom is 0.117 e. The molecule has 0 saturated carbocycles. The van der Waals surface area contributed by atoms with Crippen molar-refractivity contribution in [3.8, 4) is 5.75 Å². The number of nitrogen functional groups attached to an aromatic ring is 1. The van der Waals surface area contributed by atoms with Gasteiger partial charge in [0.1, 0.15) is 5.75 Å². The molecule has 0 heterocycles. The molecule has 0 radical (unpaired) electrons. The fourth-order valence-electron chi connectivity index (χ4n) is 2.04. The summed E-state index contributed by atoms with van der Waals surface area (Å²) in [5, 5.41) is 9.33. The number of aryl methyl sites for hydroxylation is 1. The smallest absolute Gasteiger partial charge is 0.117 e. The van der Waals surface area contributed by atoms with E-state index in [1.165, 1.54) is 0 Å². The summed E-state index contributed by atoms with van der Waals surface area (Å²) in [6, 6.07) is 3.39. The molecule has 13 heavy (non-hydrogen) atoms. The fraction of sp³-hybridized carbons (Fsp3) is 0.400. The lowest BCUT2D eigenvalue weighted by Gasteiger charge is -2.23. The van der Waals surface area contributed by atoms with Gasteiger partial charge in [0.15, 0.2) is 0 Å². The summed E-state index contributed by atoms with van der Waals surface area (Å²) in [6.07, 6.45) is 3.04. The minimum absolute atomic E-state index is 0.0457. The van der Waals surface area contributed by atoms with Gasteiger partial charge in [-0.05, 0) is 36.5 Å².